The van der Waals surface area contributed by atoms with Gasteiger partial charge in [0.1, 0.15) is 0 Å². The lowest BCUT2D eigenvalue weighted by atomic mass is 10.0. The average molecular weight is 212 g/mol. The number of nitrogens with zero attached hydrogens (tertiary/aromatic N) is 1. The van der Waals surface area contributed by atoms with Crippen molar-refractivity contribution in [2.75, 3.05) is 0 Å². The van der Waals surface area contributed by atoms with E-state index in [1.54, 1.807) is 0 Å². The lowest BCUT2D eigenvalue weighted by molar-refractivity contribution is 0.360. The Hall–Kier alpha value is -0.570. The number of hydrogen-bond donors (Lipinski definition) is 1. The zero-order valence-electron chi connectivity index (χ0n) is 9.50. The number of hydrogen-bond acceptors (Lipinski definition) is 1. The number of aromatic nitrogens is 2. The van der Waals surface area contributed by atoms with Gasteiger partial charge in [-0.05, 0) is 31.5 Å². The maximum atomic E-state index is 5.29. The first kappa shape index (κ1) is 11.5. The molecule has 0 radical (unpaired) electrons. The second kappa shape index (κ2) is 4.78. The zero-order valence-corrected chi connectivity index (χ0v) is 10.3. The highest BCUT2D eigenvalue weighted by Gasteiger charge is 2.15. The third-order valence-electron chi connectivity index (χ3n) is 3.13. The van der Waals surface area contributed by atoms with E-state index in [1.807, 2.05) is 6.20 Å². The predicted octanol–water partition coefficient (Wildman–Crippen LogP) is 3.72. The Morgan fingerprint density at radius 3 is 2.57 bits per heavy atom. The fourth-order valence-electron chi connectivity index (χ4n) is 1.73. The van der Waals surface area contributed by atoms with Crippen LogP contribution in [-0.4, -0.2) is 9.55 Å². The molecule has 2 atom stereocenters. The Morgan fingerprint density at radius 1 is 1.43 bits per heavy atom. The van der Waals surface area contributed by atoms with Crippen LogP contribution in [0.3, 0.4) is 0 Å². The Morgan fingerprint density at radius 2 is 2.07 bits per heavy atom. The van der Waals surface area contributed by atoms with Crippen molar-refractivity contribution in [3.05, 3.63) is 16.7 Å². The average Bonchev–Trinajstić information content (AvgIpc) is 2.57. The van der Waals surface area contributed by atoms with Gasteiger partial charge >= 0.3 is 0 Å². The molecule has 0 fully saturated rings. The Labute approximate surface area is 91.3 Å². The second-order valence-electron chi connectivity index (χ2n) is 3.93. The first-order chi connectivity index (χ1) is 6.61. The van der Waals surface area contributed by atoms with E-state index in [4.69, 9.17) is 12.2 Å². The van der Waals surface area contributed by atoms with E-state index in [9.17, 15) is 0 Å². The molecule has 1 rings (SSSR count). The van der Waals surface area contributed by atoms with E-state index in [-0.39, 0.29) is 0 Å². The maximum absolute atomic E-state index is 5.29. The normalized spacial score (nSPS) is 15.4. The summed E-state index contributed by atoms with van der Waals surface area (Å²) in [5, 5.41) is 0. The molecule has 0 aliphatic carbocycles. The summed E-state index contributed by atoms with van der Waals surface area (Å²) in [6.07, 6.45) is 4.26. The van der Waals surface area contributed by atoms with Crippen molar-refractivity contribution in [2.24, 2.45) is 5.92 Å². The number of imidazole rings is 1. The zero-order chi connectivity index (χ0) is 10.7. The summed E-state index contributed by atoms with van der Waals surface area (Å²) in [4.78, 5) is 3.13. The van der Waals surface area contributed by atoms with Gasteiger partial charge in [0, 0.05) is 17.9 Å². The number of nitrogens with one attached hydrogen (secondary N) is 1. The second-order valence-corrected chi connectivity index (χ2v) is 4.32. The summed E-state index contributed by atoms with van der Waals surface area (Å²) < 4.78 is 3.11. The Balaban J connectivity index is 3.04. The van der Waals surface area contributed by atoms with Gasteiger partial charge in [-0.15, -0.1) is 0 Å². The van der Waals surface area contributed by atoms with E-state index < -0.39 is 0 Å². The predicted molar refractivity (Wildman–Crippen MR) is 63.2 cm³/mol. The Bertz CT molecular complexity index is 337. The van der Waals surface area contributed by atoms with E-state index >= 15 is 0 Å². The largest absolute Gasteiger partial charge is 0.337 e. The van der Waals surface area contributed by atoms with Crippen molar-refractivity contribution < 1.29 is 0 Å². The van der Waals surface area contributed by atoms with Crippen molar-refractivity contribution >= 4 is 12.2 Å². The van der Waals surface area contributed by atoms with Crippen molar-refractivity contribution in [3.8, 4) is 0 Å². The molecular weight excluding hydrogens is 192 g/mol. The summed E-state index contributed by atoms with van der Waals surface area (Å²) in [7, 11) is 0. The highest BCUT2D eigenvalue weighted by molar-refractivity contribution is 7.71. The van der Waals surface area contributed by atoms with Crippen LogP contribution < -0.4 is 0 Å². The molecule has 0 saturated carbocycles. The van der Waals surface area contributed by atoms with E-state index in [0.717, 1.165) is 11.2 Å². The van der Waals surface area contributed by atoms with Crippen LogP contribution in [-0.2, 0) is 6.42 Å². The SMILES string of the molecule is CCc1c[nH]c(=S)n1C(C)C(C)CC. The molecule has 14 heavy (non-hydrogen) atoms. The Kier molecular flexibility index (Phi) is 3.93. The minimum Gasteiger partial charge on any atom is -0.337 e. The molecule has 1 aromatic rings. The van der Waals surface area contributed by atoms with Gasteiger partial charge in [-0.3, -0.25) is 0 Å². The molecule has 0 saturated heterocycles. The molecule has 1 heterocycles. The third-order valence-corrected chi connectivity index (χ3v) is 3.44. The summed E-state index contributed by atoms with van der Waals surface area (Å²) in [5.41, 5.74) is 1.31. The molecule has 2 unspecified atom stereocenters. The standard InChI is InChI=1S/C11H20N2S/c1-5-8(3)9(4)13-10(6-2)7-12-11(13)14/h7-9H,5-6H2,1-4H3,(H,12,14). The summed E-state index contributed by atoms with van der Waals surface area (Å²) in [6.45, 7) is 8.91. The monoisotopic (exact) mass is 212 g/mol. The fourth-order valence-corrected chi connectivity index (χ4v) is 2.07. The highest BCUT2D eigenvalue weighted by Crippen LogP contribution is 2.22. The molecule has 1 aromatic heterocycles. The number of H-pyrrole nitrogens is 1. The molecule has 2 nitrogen and oxygen atoms in total. The van der Waals surface area contributed by atoms with Crippen molar-refractivity contribution in [1.82, 2.24) is 9.55 Å². The van der Waals surface area contributed by atoms with Gasteiger partial charge < -0.3 is 9.55 Å². The summed E-state index contributed by atoms with van der Waals surface area (Å²) in [5.74, 6) is 0.669. The van der Waals surface area contributed by atoms with Crippen LogP contribution in [0.5, 0.6) is 0 Å². The van der Waals surface area contributed by atoms with Crippen LogP contribution in [0.25, 0.3) is 0 Å². The molecular formula is C11H20N2S. The van der Waals surface area contributed by atoms with E-state index in [1.165, 1.54) is 12.1 Å². The van der Waals surface area contributed by atoms with Crippen LogP contribution in [0.2, 0.25) is 0 Å². The van der Waals surface area contributed by atoms with Crippen molar-refractivity contribution in [1.29, 1.82) is 0 Å². The molecule has 0 aliphatic rings. The minimum absolute atomic E-state index is 0.494. The molecule has 0 aliphatic heterocycles. The van der Waals surface area contributed by atoms with E-state index in [0.29, 0.717) is 12.0 Å². The highest BCUT2D eigenvalue weighted by atomic mass is 32.1. The van der Waals surface area contributed by atoms with Gasteiger partial charge in [-0.1, -0.05) is 27.2 Å². The lowest BCUT2D eigenvalue weighted by Gasteiger charge is -2.22. The number of rotatable bonds is 4. The lowest BCUT2D eigenvalue weighted by Crippen LogP contribution is -2.15. The van der Waals surface area contributed by atoms with Crippen LogP contribution >= 0.6 is 12.2 Å². The molecule has 0 bridgehead atoms. The molecule has 80 valence electrons. The quantitative estimate of drug-likeness (QED) is 0.754. The number of aryl methyl sites for hydroxylation is 1. The first-order valence-corrected chi connectivity index (χ1v) is 5.81. The molecule has 0 aromatic carbocycles. The van der Waals surface area contributed by atoms with Gasteiger partial charge in [-0.2, -0.15) is 0 Å². The van der Waals surface area contributed by atoms with Crippen LogP contribution in [0.15, 0.2) is 6.20 Å². The first-order valence-electron chi connectivity index (χ1n) is 5.40. The van der Waals surface area contributed by atoms with Gasteiger partial charge in [-0.25, -0.2) is 0 Å². The van der Waals surface area contributed by atoms with Gasteiger partial charge in [0.25, 0.3) is 0 Å². The minimum atomic E-state index is 0.494. The molecule has 0 spiro atoms. The van der Waals surface area contributed by atoms with Gasteiger partial charge in [0.05, 0.1) is 0 Å². The third kappa shape index (κ3) is 2.08. The summed E-state index contributed by atoms with van der Waals surface area (Å²) >= 11 is 5.29. The van der Waals surface area contributed by atoms with Crippen LogP contribution in [0.4, 0.5) is 0 Å². The molecule has 3 heteroatoms. The topological polar surface area (TPSA) is 20.7 Å². The van der Waals surface area contributed by atoms with E-state index in [2.05, 4.69) is 37.2 Å². The van der Waals surface area contributed by atoms with Gasteiger partial charge in [0.2, 0.25) is 0 Å². The fraction of sp³-hybridized carbons (Fsp3) is 0.727. The molecule has 0 amide bonds. The van der Waals surface area contributed by atoms with Crippen molar-refractivity contribution in [2.45, 2.75) is 46.6 Å². The smallest absolute Gasteiger partial charge is 0.177 e. The van der Waals surface area contributed by atoms with Crippen LogP contribution in [0.1, 0.15) is 45.9 Å². The number of aromatic amines is 1. The summed E-state index contributed by atoms with van der Waals surface area (Å²) in [6, 6.07) is 0.494. The van der Waals surface area contributed by atoms with Crippen LogP contribution in [0, 0.1) is 10.7 Å². The maximum Gasteiger partial charge on any atom is 0.177 e. The molecule has 1 N–H and O–H groups in total. The van der Waals surface area contributed by atoms with Gasteiger partial charge in [0.15, 0.2) is 4.77 Å². The van der Waals surface area contributed by atoms with Crippen molar-refractivity contribution in [3.63, 3.8) is 0 Å².